The number of carbonyl (C=O) groups is 2. The summed E-state index contributed by atoms with van der Waals surface area (Å²) in [5, 5.41) is 13.4. The normalized spacial score (nSPS) is 30.6. The van der Waals surface area contributed by atoms with E-state index in [1.54, 1.807) is 24.0 Å². The van der Waals surface area contributed by atoms with Gasteiger partial charge >= 0.3 is 0 Å². The number of nitrogens with zero attached hydrogens (tertiary/aromatic N) is 3. The van der Waals surface area contributed by atoms with Crippen molar-refractivity contribution in [2.45, 2.75) is 124 Å². The third-order valence-corrected chi connectivity index (χ3v) is 17.1. The molecule has 1 aromatic heterocycles. The van der Waals surface area contributed by atoms with Crippen LogP contribution in [0.1, 0.15) is 111 Å². The molecule has 10 atom stereocenters. The largest absolute Gasteiger partial charge is 0.493 e. The van der Waals surface area contributed by atoms with Crippen molar-refractivity contribution >= 4 is 22.6 Å². The van der Waals surface area contributed by atoms with Crippen LogP contribution in [0.4, 0.5) is 0 Å². The van der Waals surface area contributed by atoms with Gasteiger partial charge in [0.05, 0.1) is 24.2 Å². The van der Waals surface area contributed by atoms with Crippen molar-refractivity contribution in [1.82, 2.24) is 9.80 Å². The maximum atomic E-state index is 12.4. The van der Waals surface area contributed by atoms with Crippen molar-refractivity contribution in [1.29, 1.82) is 0 Å². The Morgan fingerprint density at radius 3 is 2.45 bits per heavy atom. The Morgan fingerprint density at radius 1 is 0.968 bits per heavy atom. The minimum Gasteiger partial charge on any atom is -0.493 e. The van der Waals surface area contributed by atoms with Gasteiger partial charge in [0, 0.05) is 46.6 Å². The molecular formula is C52H74N3O7+. The van der Waals surface area contributed by atoms with Gasteiger partial charge in [-0.2, -0.15) is 4.57 Å². The number of carbonyl (C=O) groups excluding carboxylic acids is 2. The standard InChI is InChI=1S/C27H47NO2.C25H27N2O5/c1-17-11-13-26(3)19(15-17)16-23(29)25-21-9-8-20(27(21,4)14-12-22(25)26)18(2)7-10-24(30)28(5)6;1-4-8-26(2)24(28)14-30-25-19-13-27-9-7-17-11-22-23(32-15-31-22)12-18(17)20(27)10-16(19)5-6-21(25)29-3/h17-23,25,29H,7-16H2,1-6H3;5-6,10-13H,4,7-9,14-15H2,1-3H3/q;+1/t17-,18+,19?,20+,21-,22-,23-,25-,26-,27+;/m1./s1. The number of amides is 2. The highest BCUT2D eigenvalue weighted by Crippen LogP contribution is 2.68. The van der Waals surface area contributed by atoms with Gasteiger partial charge < -0.3 is 33.9 Å². The van der Waals surface area contributed by atoms with Crippen LogP contribution in [0.25, 0.3) is 22.0 Å². The Kier molecular flexibility index (Phi) is 12.8. The number of pyridine rings is 1. The monoisotopic (exact) mass is 853 g/mol. The summed E-state index contributed by atoms with van der Waals surface area (Å²) in [7, 11) is 7.14. The molecule has 10 nitrogen and oxygen atoms in total. The summed E-state index contributed by atoms with van der Waals surface area (Å²) >= 11 is 0. The highest BCUT2D eigenvalue weighted by molar-refractivity contribution is 5.92. The Bertz CT molecular complexity index is 2140. The molecule has 0 bridgehead atoms. The number of benzene rings is 2. The summed E-state index contributed by atoms with van der Waals surface area (Å²) in [6.45, 7) is 13.8. The smallest absolute Gasteiger partial charge is 0.260 e. The van der Waals surface area contributed by atoms with E-state index >= 15 is 0 Å². The molecule has 3 heterocycles. The molecule has 2 amide bonds. The van der Waals surface area contributed by atoms with E-state index < -0.39 is 0 Å². The van der Waals surface area contributed by atoms with Gasteiger partial charge in [-0.15, -0.1) is 0 Å². The van der Waals surface area contributed by atoms with Crippen LogP contribution in [0.5, 0.6) is 23.0 Å². The number of fused-ring (bicyclic) bond motifs is 10. The maximum absolute atomic E-state index is 12.4. The molecule has 4 saturated carbocycles. The number of aromatic nitrogens is 1. The van der Waals surface area contributed by atoms with E-state index in [2.05, 4.69) is 56.7 Å². The van der Waals surface area contributed by atoms with Crippen LogP contribution >= 0.6 is 0 Å². The second kappa shape index (κ2) is 17.8. The van der Waals surface area contributed by atoms with Crippen molar-refractivity contribution in [3.8, 4) is 34.3 Å². The number of rotatable bonds is 10. The second-order valence-corrected chi connectivity index (χ2v) is 20.9. The topological polar surface area (TPSA) is 102 Å². The van der Waals surface area contributed by atoms with Crippen LogP contribution in [0.2, 0.25) is 0 Å². The van der Waals surface area contributed by atoms with Crippen molar-refractivity contribution in [2.24, 2.45) is 52.3 Å². The SMILES string of the molecule is CCCN(C)C(=O)COc1c(OC)ccc2cc3[n+](cc12)CCc1cc2c(cc1-3)OCO2.C[C@@H]1CC[C@]2(C)C(C1)C[C@@H](O)[C@@H]1[C@H]3CC[C@@H]([C@@H](C)CCC(=O)N(C)C)[C@]3(C)CC[C@H]12. The number of aliphatic hydroxyl groups is 1. The molecule has 338 valence electrons. The summed E-state index contributed by atoms with van der Waals surface area (Å²) in [6, 6.07) is 10.2. The third kappa shape index (κ3) is 8.15. The second-order valence-electron chi connectivity index (χ2n) is 20.9. The number of aliphatic hydroxyl groups excluding tert-OH is 1. The molecule has 9 rings (SSSR count). The lowest BCUT2D eigenvalue weighted by atomic mass is 9.43. The first-order valence-corrected chi connectivity index (χ1v) is 23.9. The zero-order valence-electron chi connectivity index (χ0n) is 39.1. The van der Waals surface area contributed by atoms with E-state index in [1.807, 2.05) is 33.2 Å². The van der Waals surface area contributed by atoms with E-state index in [0.29, 0.717) is 59.0 Å². The molecule has 4 fully saturated rings. The number of hydrogen-bond acceptors (Lipinski definition) is 7. The summed E-state index contributed by atoms with van der Waals surface area (Å²) in [5.74, 6) is 7.81. The first-order chi connectivity index (χ1) is 29.7. The molecule has 10 heteroatoms. The Morgan fingerprint density at radius 2 is 1.71 bits per heavy atom. The van der Waals surface area contributed by atoms with Crippen LogP contribution < -0.4 is 23.5 Å². The van der Waals surface area contributed by atoms with Gasteiger partial charge in [0.2, 0.25) is 18.4 Å². The summed E-state index contributed by atoms with van der Waals surface area (Å²) in [6.07, 6.45) is 15.9. The van der Waals surface area contributed by atoms with Crippen LogP contribution in [0, 0.1) is 52.3 Å². The first kappa shape index (κ1) is 44.6. The van der Waals surface area contributed by atoms with Gasteiger partial charge in [0.25, 0.3) is 5.91 Å². The molecule has 3 aromatic rings. The average molecular weight is 853 g/mol. The van der Waals surface area contributed by atoms with E-state index in [1.165, 1.54) is 50.5 Å². The Labute approximate surface area is 370 Å². The third-order valence-electron chi connectivity index (χ3n) is 17.1. The Hall–Kier alpha value is -4.05. The highest BCUT2D eigenvalue weighted by atomic mass is 16.7. The lowest BCUT2D eigenvalue weighted by Crippen LogP contribution is -2.58. The number of aryl methyl sites for hydroxylation is 2. The van der Waals surface area contributed by atoms with Crippen molar-refractivity contribution in [3.63, 3.8) is 0 Å². The molecule has 0 saturated heterocycles. The molecular weight excluding hydrogens is 779 g/mol. The number of methoxy groups -OCH3 is 1. The maximum Gasteiger partial charge on any atom is 0.260 e. The van der Waals surface area contributed by atoms with Crippen LogP contribution in [0.3, 0.4) is 0 Å². The molecule has 4 aliphatic carbocycles. The summed E-state index contributed by atoms with van der Waals surface area (Å²) in [5.41, 5.74) is 4.33. The zero-order chi connectivity index (χ0) is 44.1. The quantitative estimate of drug-likeness (QED) is 0.203. The van der Waals surface area contributed by atoms with Gasteiger partial charge in [-0.25, -0.2) is 0 Å². The van der Waals surface area contributed by atoms with Gasteiger partial charge in [0.1, 0.15) is 0 Å². The molecule has 0 spiro atoms. The van der Waals surface area contributed by atoms with Gasteiger partial charge in [-0.05, 0) is 145 Å². The number of ether oxygens (including phenoxy) is 4. The predicted octanol–water partition coefficient (Wildman–Crippen LogP) is 9.09. The summed E-state index contributed by atoms with van der Waals surface area (Å²) in [4.78, 5) is 28.0. The van der Waals surface area contributed by atoms with Crippen molar-refractivity contribution < 1.29 is 38.2 Å². The summed E-state index contributed by atoms with van der Waals surface area (Å²) < 4.78 is 25.0. The lowest BCUT2D eigenvalue weighted by Gasteiger charge is -2.62. The molecule has 1 unspecified atom stereocenters. The lowest BCUT2D eigenvalue weighted by molar-refractivity contribution is -0.686. The van der Waals surface area contributed by atoms with Crippen molar-refractivity contribution in [3.05, 3.63) is 42.1 Å². The number of likely N-dealkylation sites (N-methyl/N-ethyl adjacent to an activating group) is 1. The minimum absolute atomic E-state index is 0.0277. The van der Waals surface area contributed by atoms with Gasteiger partial charge in [0.15, 0.2) is 42.3 Å². The molecule has 0 radical (unpaired) electrons. The highest BCUT2D eigenvalue weighted by Gasteiger charge is 2.62. The minimum atomic E-state index is -0.0904. The Balaban J connectivity index is 0.000000171. The molecule has 6 aliphatic rings. The van der Waals surface area contributed by atoms with E-state index in [-0.39, 0.29) is 31.3 Å². The van der Waals surface area contributed by atoms with Gasteiger partial charge in [-0.1, -0.05) is 41.0 Å². The molecule has 2 aliphatic heterocycles. The van der Waals surface area contributed by atoms with Gasteiger partial charge in [-0.3, -0.25) is 9.59 Å². The van der Waals surface area contributed by atoms with Crippen molar-refractivity contribution in [2.75, 3.05) is 48.2 Å². The fourth-order valence-electron chi connectivity index (χ4n) is 13.6. The predicted molar refractivity (Wildman–Crippen MR) is 242 cm³/mol. The van der Waals surface area contributed by atoms with E-state index in [0.717, 1.165) is 83.5 Å². The van der Waals surface area contributed by atoms with Crippen LogP contribution in [0.15, 0.2) is 36.5 Å². The first-order valence-electron chi connectivity index (χ1n) is 23.9. The molecule has 2 aromatic carbocycles. The van der Waals surface area contributed by atoms with E-state index in [9.17, 15) is 14.7 Å². The fraction of sp³-hybridized carbons (Fsp3) is 0.673. The van der Waals surface area contributed by atoms with Crippen LogP contribution in [-0.2, 0) is 22.6 Å². The molecule has 1 N–H and O–H groups in total. The zero-order valence-corrected chi connectivity index (χ0v) is 39.1. The van der Waals surface area contributed by atoms with E-state index in [4.69, 9.17) is 18.9 Å². The fourth-order valence-corrected chi connectivity index (χ4v) is 13.6. The number of hydrogen-bond donors (Lipinski definition) is 1. The van der Waals surface area contributed by atoms with Crippen LogP contribution in [-0.4, -0.2) is 81.0 Å². The molecule has 62 heavy (non-hydrogen) atoms. The average Bonchev–Trinajstić information content (AvgIpc) is 3.87.